The first kappa shape index (κ1) is 13.8. The molecule has 1 aromatic rings. The van der Waals surface area contributed by atoms with Crippen molar-refractivity contribution >= 4 is 17.6 Å². The van der Waals surface area contributed by atoms with E-state index in [1.165, 1.54) is 32.6 Å². The van der Waals surface area contributed by atoms with E-state index in [1.807, 2.05) is 0 Å². The average molecular weight is 274 g/mol. The second-order valence-electron chi connectivity index (χ2n) is 4.10. The van der Waals surface area contributed by atoms with Crippen LogP contribution in [0.1, 0.15) is 5.69 Å². The van der Waals surface area contributed by atoms with Gasteiger partial charge in [0.1, 0.15) is 0 Å². The standard InChI is InChI=1S/C14H14N2O4/c1-19-12(17)14(13(18)20-2)6-8-16-11(9-14)10-5-3-4-7-15-10/h3-9,16H,1-2H3. The number of nitrogens with one attached hydrogen (secondary N) is 1. The molecule has 1 aliphatic heterocycles. The van der Waals surface area contributed by atoms with Crippen molar-refractivity contribution in [2.75, 3.05) is 14.2 Å². The van der Waals surface area contributed by atoms with Crippen LogP contribution in [0.5, 0.6) is 0 Å². The van der Waals surface area contributed by atoms with Crippen molar-refractivity contribution in [3.63, 3.8) is 0 Å². The van der Waals surface area contributed by atoms with Crippen molar-refractivity contribution in [3.8, 4) is 0 Å². The molecule has 0 aliphatic carbocycles. The van der Waals surface area contributed by atoms with Gasteiger partial charge in [-0.05, 0) is 30.5 Å². The van der Waals surface area contributed by atoms with Gasteiger partial charge in [-0.15, -0.1) is 0 Å². The molecule has 1 N–H and O–H groups in total. The lowest BCUT2D eigenvalue weighted by Gasteiger charge is -2.26. The maximum Gasteiger partial charge on any atom is 0.331 e. The van der Waals surface area contributed by atoms with Crippen molar-refractivity contribution in [1.82, 2.24) is 10.3 Å². The number of rotatable bonds is 3. The molecular weight excluding hydrogens is 260 g/mol. The zero-order valence-electron chi connectivity index (χ0n) is 11.1. The molecule has 6 heteroatoms. The van der Waals surface area contributed by atoms with Gasteiger partial charge >= 0.3 is 11.9 Å². The Morgan fingerprint density at radius 1 is 1.20 bits per heavy atom. The van der Waals surface area contributed by atoms with Gasteiger partial charge < -0.3 is 14.8 Å². The molecule has 2 heterocycles. The van der Waals surface area contributed by atoms with E-state index in [0.29, 0.717) is 11.4 Å². The van der Waals surface area contributed by atoms with Crippen LogP contribution in [0.3, 0.4) is 0 Å². The summed E-state index contributed by atoms with van der Waals surface area (Å²) in [6.07, 6.45) is 5.97. The molecule has 6 nitrogen and oxygen atoms in total. The number of nitrogens with zero attached hydrogens (tertiary/aromatic N) is 1. The van der Waals surface area contributed by atoms with Gasteiger partial charge in [0.15, 0.2) is 0 Å². The molecule has 0 radical (unpaired) electrons. The fourth-order valence-corrected chi connectivity index (χ4v) is 1.93. The molecule has 0 bridgehead atoms. The molecule has 2 rings (SSSR count). The molecule has 20 heavy (non-hydrogen) atoms. The number of methoxy groups -OCH3 is 2. The number of hydrogen-bond donors (Lipinski definition) is 1. The molecule has 1 aliphatic rings. The smallest absolute Gasteiger partial charge is 0.331 e. The molecule has 104 valence electrons. The Balaban J connectivity index is 2.50. The summed E-state index contributed by atoms with van der Waals surface area (Å²) in [6.45, 7) is 0. The van der Waals surface area contributed by atoms with E-state index < -0.39 is 17.4 Å². The van der Waals surface area contributed by atoms with Crippen molar-refractivity contribution in [3.05, 3.63) is 48.4 Å². The fourth-order valence-electron chi connectivity index (χ4n) is 1.93. The van der Waals surface area contributed by atoms with Gasteiger partial charge in [0, 0.05) is 6.20 Å². The first-order valence-electron chi connectivity index (χ1n) is 5.89. The Morgan fingerprint density at radius 2 is 1.90 bits per heavy atom. The summed E-state index contributed by atoms with van der Waals surface area (Å²) in [4.78, 5) is 28.2. The zero-order valence-corrected chi connectivity index (χ0v) is 11.1. The maximum atomic E-state index is 12.0. The Labute approximate surface area is 116 Å². The van der Waals surface area contributed by atoms with Crippen LogP contribution >= 0.6 is 0 Å². The van der Waals surface area contributed by atoms with Gasteiger partial charge in [0.2, 0.25) is 5.41 Å². The van der Waals surface area contributed by atoms with E-state index >= 15 is 0 Å². The Bertz CT molecular complexity index is 562. The maximum absolute atomic E-state index is 12.0. The summed E-state index contributed by atoms with van der Waals surface area (Å²) in [5, 5.41) is 2.95. The number of ether oxygens (including phenoxy) is 2. The number of pyridine rings is 1. The van der Waals surface area contributed by atoms with E-state index in [0.717, 1.165) is 0 Å². The first-order valence-corrected chi connectivity index (χ1v) is 5.89. The molecule has 1 aromatic heterocycles. The number of hydrogen-bond acceptors (Lipinski definition) is 6. The van der Waals surface area contributed by atoms with Crippen LogP contribution in [-0.2, 0) is 19.1 Å². The minimum absolute atomic E-state index is 0.531. The first-order chi connectivity index (χ1) is 9.64. The number of esters is 2. The highest BCUT2D eigenvalue weighted by atomic mass is 16.5. The number of carbonyl (C=O) groups excluding carboxylic acids is 2. The predicted molar refractivity (Wildman–Crippen MR) is 71.0 cm³/mol. The molecule has 0 fully saturated rings. The number of dihydropyridines is 1. The van der Waals surface area contributed by atoms with E-state index in [9.17, 15) is 9.59 Å². The minimum atomic E-state index is -1.60. The van der Waals surface area contributed by atoms with Crippen LogP contribution in [0.15, 0.2) is 42.7 Å². The fraction of sp³-hybridized carbons (Fsp3) is 0.214. The number of carbonyl (C=O) groups is 2. The molecule has 0 spiro atoms. The molecule has 0 saturated heterocycles. The molecular formula is C14H14N2O4. The van der Waals surface area contributed by atoms with Gasteiger partial charge in [0.25, 0.3) is 0 Å². The van der Waals surface area contributed by atoms with Crippen molar-refractivity contribution in [2.24, 2.45) is 5.41 Å². The third-order valence-electron chi connectivity index (χ3n) is 2.94. The van der Waals surface area contributed by atoms with Crippen LogP contribution in [0, 0.1) is 5.41 Å². The van der Waals surface area contributed by atoms with Gasteiger partial charge in [-0.3, -0.25) is 14.6 Å². The largest absolute Gasteiger partial charge is 0.468 e. The molecule has 0 unspecified atom stereocenters. The number of aromatic nitrogens is 1. The van der Waals surface area contributed by atoms with Gasteiger partial charge in [0.05, 0.1) is 25.6 Å². The van der Waals surface area contributed by atoms with Crippen LogP contribution in [-0.4, -0.2) is 31.1 Å². The van der Waals surface area contributed by atoms with Gasteiger partial charge in [-0.1, -0.05) is 6.07 Å². The Kier molecular flexibility index (Phi) is 3.84. The summed E-state index contributed by atoms with van der Waals surface area (Å²) < 4.78 is 9.43. The summed E-state index contributed by atoms with van der Waals surface area (Å²) in [5.41, 5.74) is -0.459. The third-order valence-corrected chi connectivity index (χ3v) is 2.94. The molecule has 0 saturated carbocycles. The van der Waals surface area contributed by atoms with Gasteiger partial charge in [-0.25, -0.2) is 0 Å². The lowest BCUT2D eigenvalue weighted by Crippen LogP contribution is -2.40. The summed E-state index contributed by atoms with van der Waals surface area (Å²) in [7, 11) is 2.44. The predicted octanol–water partition coefficient (Wildman–Crippen LogP) is 0.872. The summed E-state index contributed by atoms with van der Waals surface area (Å²) >= 11 is 0. The van der Waals surface area contributed by atoms with Crippen LogP contribution in [0.25, 0.3) is 5.70 Å². The normalized spacial score (nSPS) is 15.8. The van der Waals surface area contributed by atoms with E-state index in [-0.39, 0.29) is 0 Å². The molecule has 0 atom stereocenters. The van der Waals surface area contributed by atoms with Crippen LogP contribution in [0.2, 0.25) is 0 Å². The van der Waals surface area contributed by atoms with Crippen LogP contribution < -0.4 is 5.32 Å². The second kappa shape index (κ2) is 5.56. The van der Waals surface area contributed by atoms with Crippen molar-refractivity contribution < 1.29 is 19.1 Å². The minimum Gasteiger partial charge on any atom is -0.468 e. The van der Waals surface area contributed by atoms with Crippen molar-refractivity contribution in [1.29, 1.82) is 0 Å². The molecule has 0 amide bonds. The zero-order chi connectivity index (χ0) is 14.6. The average Bonchev–Trinajstić information content (AvgIpc) is 2.54. The highest BCUT2D eigenvalue weighted by molar-refractivity contribution is 6.06. The Hall–Kier alpha value is -2.63. The molecule has 0 aromatic carbocycles. The SMILES string of the molecule is COC(=O)C1(C(=O)OC)C=CNC(c2ccccn2)=C1. The third kappa shape index (κ3) is 2.27. The monoisotopic (exact) mass is 274 g/mol. The lowest BCUT2D eigenvalue weighted by molar-refractivity contribution is -0.161. The topological polar surface area (TPSA) is 77.5 Å². The van der Waals surface area contributed by atoms with E-state index in [1.54, 1.807) is 24.4 Å². The van der Waals surface area contributed by atoms with E-state index in [4.69, 9.17) is 9.47 Å². The highest BCUT2D eigenvalue weighted by Crippen LogP contribution is 2.31. The summed E-state index contributed by atoms with van der Waals surface area (Å²) in [5.74, 6) is -1.42. The second-order valence-corrected chi connectivity index (χ2v) is 4.10. The Morgan fingerprint density at radius 3 is 2.45 bits per heavy atom. The van der Waals surface area contributed by atoms with Gasteiger partial charge in [-0.2, -0.15) is 0 Å². The quantitative estimate of drug-likeness (QED) is 0.651. The van der Waals surface area contributed by atoms with E-state index in [2.05, 4.69) is 10.3 Å². The lowest BCUT2D eigenvalue weighted by atomic mass is 9.85. The summed E-state index contributed by atoms with van der Waals surface area (Å²) in [6, 6.07) is 5.34. The van der Waals surface area contributed by atoms with Crippen LogP contribution in [0.4, 0.5) is 0 Å². The van der Waals surface area contributed by atoms with Crippen molar-refractivity contribution in [2.45, 2.75) is 0 Å². The highest BCUT2D eigenvalue weighted by Gasteiger charge is 2.46.